The van der Waals surface area contributed by atoms with Gasteiger partial charge in [-0.1, -0.05) is 42.5 Å². The minimum Gasteiger partial charge on any atom is -0.497 e. The molecule has 0 saturated carbocycles. The van der Waals surface area contributed by atoms with E-state index in [1.807, 2.05) is 54.6 Å². The highest BCUT2D eigenvalue weighted by molar-refractivity contribution is 5.97. The molecule has 0 aliphatic carbocycles. The molecule has 3 rings (SSSR count). The van der Waals surface area contributed by atoms with E-state index in [-0.39, 0.29) is 0 Å². The summed E-state index contributed by atoms with van der Waals surface area (Å²) < 4.78 is 10.8. The molecule has 0 unspecified atom stereocenters. The fourth-order valence-corrected chi connectivity index (χ4v) is 2.55. The van der Waals surface area contributed by atoms with E-state index in [0.29, 0.717) is 12.2 Å². The molecule has 0 aliphatic rings. The van der Waals surface area contributed by atoms with Gasteiger partial charge in [0.05, 0.1) is 7.11 Å². The number of benzene rings is 3. The van der Waals surface area contributed by atoms with Crippen LogP contribution in [0.5, 0.6) is 11.5 Å². The molecule has 2 amide bonds. The summed E-state index contributed by atoms with van der Waals surface area (Å²) in [6.45, 7) is 0.402. The van der Waals surface area contributed by atoms with Gasteiger partial charge in [-0.25, -0.2) is 0 Å². The summed E-state index contributed by atoms with van der Waals surface area (Å²) in [5, 5.41) is 0. The third kappa shape index (κ3) is 6.24. The Kier molecular flexibility index (Phi) is 7.22. The molecule has 0 atom stereocenters. The maximum Gasteiger partial charge on any atom is 0.269 e. The van der Waals surface area contributed by atoms with Crippen molar-refractivity contribution in [3.05, 3.63) is 102 Å². The van der Waals surface area contributed by atoms with Gasteiger partial charge in [-0.3, -0.25) is 20.4 Å². The molecule has 0 heterocycles. The summed E-state index contributed by atoms with van der Waals surface area (Å²) in [7, 11) is 1.59. The quantitative estimate of drug-likeness (QED) is 0.466. The number of ether oxygens (including phenoxy) is 2. The predicted octanol–water partition coefficient (Wildman–Crippen LogP) is 3.75. The highest BCUT2D eigenvalue weighted by Crippen LogP contribution is 2.13. The predicted molar refractivity (Wildman–Crippen MR) is 115 cm³/mol. The molecule has 0 aromatic heterocycles. The number of hydrogen-bond acceptors (Lipinski definition) is 4. The van der Waals surface area contributed by atoms with Gasteiger partial charge in [0.1, 0.15) is 18.1 Å². The number of hydrazine groups is 1. The summed E-state index contributed by atoms with van der Waals surface area (Å²) >= 11 is 0. The van der Waals surface area contributed by atoms with Crippen molar-refractivity contribution in [1.29, 1.82) is 0 Å². The van der Waals surface area contributed by atoms with E-state index < -0.39 is 11.8 Å². The lowest BCUT2D eigenvalue weighted by molar-refractivity contribution is -0.117. The Balaban J connectivity index is 1.45. The normalized spacial score (nSPS) is 10.4. The Morgan fingerprint density at radius 2 is 1.53 bits per heavy atom. The maximum atomic E-state index is 12.2. The molecular weight excluding hydrogens is 380 g/mol. The largest absolute Gasteiger partial charge is 0.497 e. The first kappa shape index (κ1) is 20.7. The molecule has 6 nitrogen and oxygen atoms in total. The number of methoxy groups -OCH3 is 1. The Morgan fingerprint density at radius 1 is 0.833 bits per heavy atom. The average molecular weight is 402 g/mol. The van der Waals surface area contributed by atoms with E-state index in [0.717, 1.165) is 22.6 Å². The van der Waals surface area contributed by atoms with E-state index in [2.05, 4.69) is 10.9 Å². The number of carbonyl (C=O) groups excluding carboxylic acids is 2. The zero-order valence-electron chi connectivity index (χ0n) is 16.5. The molecule has 0 saturated heterocycles. The molecule has 0 spiro atoms. The van der Waals surface area contributed by atoms with Crippen LogP contribution in [0.4, 0.5) is 0 Å². The van der Waals surface area contributed by atoms with Crippen LogP contribution >= 0.6 is 0 Å². The average Bonchev–Trinajstić information content (AvgIpc) is 2.81. The first-order chi connectivity index (χ1) is 14.6. The van der Waals surface area contributed by atoms with Gasteiger partial charge in [0.2, 0.25) is 0 Å². The van der Waals surface area contributed by atoms with Gasteiger partial charge in [0.25, 0.3) is 11.8 Å². The second-order valence-corrected chi connectivity index (χ2v) is 6.35. The van der Waals surface area contributed by atoms with E-state index in [1.54, 1.807) is 37.5 Å². The van der Waals surface area contributed by atoms with Gasteiger partial charge in [-0.05, 0) is 53.6 Å². The Hall–Kier alpha value is -4.06. The van der Waals surface area contributed by atoms with Gasteiger partial charge in [0.15, 0.2) is 0 Å². The second-order valence-electron chi connectivity index (χ2n) is 6.35. The van der Waals surface area contributed by atoms with Crippen LogP contribution in [0, 0.1) is 0 Å². The summed E-state index contributed by atoms with van der Waals surface area (Å²) in [6.07, 6.45) is 2.98. The van der Waals surface area contributed by atoms with Crippen molar-refractivity contribution in [3.63, 3.8) is 0 Å². The fraction of sp³-hybridized carbons (Fsp3) is 0.0833. The highest BCUT2D eigenvalue weighted by Gasteiger charge is 2.06. The molecule has 0 bridgehead atoms. The van der Waals surface area contributed by atoms with Crippen LogP contribution < -0.4 is 20.3 Å². The van der Waals surface area contributed by atoms with Crippen LogP contribution in [-0.4, -0.2) is 18.9 Å². The molecular formula is C24H22N2O4. The van der Waals surface area contributed by atoms with E-state index in [1.165, 1.54) is 6.08 Å². The summed E-state index contributed by atoms with van der Waals surface area (Å²) in [5.74, 6) is 0.676. The van der Waals surface area contributed by atoms with Gasteiger partial charge < -0.3 is 9.47 Å². The SMILES string of the molecule is COc1ccc(/C=C/C(=O)NNC(=O)c2ccc(COc3ccccc3)cc2)cc1. The van der Waals surface area contributed by atoms with E-state index in [9.17, 15) is 9.59 Å². The van der Waals surface area contributed by atoms with Crippen molar-refractivity contribution < 1.29 is 19.1 Å². The van der Waals surface area contributed by atoms with Gasteiger partial charge >= 0.3 is 0 Å². The molecule has 30 heavy (non-hydrogen) atoms. The van der Waals surface area contributed by atoms with E-state index in [4.69, 9.17) is 9.47 Å². The minimum atomic E-state index is -0.438. The molecule has 152 valence electrons. The van der Waals surface area contributed by atoms with Crippen LogP contribution in [0.3, 0.4) is 0 Å². The van der Waals surface area contributed by atoms with Crippen LogP contribution in [0.2, 0.25) is 0 Å². The number of nitrogens with one attached hydrogen (secondary N) is 2. The van der Waals surface area contributed by atoms with Crippen LogP contribution in [0.1, 0.15) is 21.5 Å². The minimum absolute atomic E-state index is 0.402. The topological polar surface area (TPSA) is 76.7 Å². The van der Waals surface area contributed by atoms with Crippen LogP contribution in [0.25, 0.3) is 6.08 Å². The second kappa shape index (κ2) is 10.5. The molecule has 0 radical (unpaired) electrons. The Bertz CT molecular complexity index is 998. The fourth-order valence-electron chi connectivity index (χ4n) is 2.55. The maximum absolute atomic E-state index is 12.2. The van der Waals surface area contributed by atoms with Crippen molar-refractivity contribution in [1.82, 2.24) is 10.9 Å². The van der Waals surface area contributed by atoms with Crippen LogP contribution in [-0.2, 0) is 11.4 Å². The summed E-state index contributed by atoms with van der Waals surface area (Å²) in [5.41, 5.74) is 6.95. The standard InChI is InChI=1S/C24H22N2O4/c1-29-21-14-9-18(10-15-21)11-16-23(27)25-26-24(28)20-12-7-19(8-13-20)17-30-22-5-3-2-4-6-22/h2-16H,17H2,1H3,(H,25,27)(H,26,28)/b16-11+. The van der Waals surface area contributed by atoms with E-state index >= 15 is 0 Å². The van der Waals surface area contributed by atoms with Crippen molar-refractivity contribution in [3.8, 4) is 11.5 Å². The number of amides is 2. The lowest BCUT2D eigenvalue weighted by Crippen LogP contribution is -2.40. The number of rotatable bonds is 7. The first-order valence-corrected chi connectivity index (χ1v) is 9.33. The van der Waals surface area contributed by atoms with Crippen LogP contribution in [0.15, 0.2) is 84.9 Å². The zero-order valence-corrected chi connectivity index (χ0v) is 16.5. The molecule has 3 aromatic carbocycles. The third-order valence-electron chi connectivity index (χ3n) is 4.21. The molecule has 6 heteroatoms. The smallest absolute Gasteiger partial charge is 0.269 e. The van der Waals surface area contributed by atoms with Gasteiger partial charge in [0, 0.05) is 11.6 Å². The zero-order chi connectivity index (χ0) is 21.2. The monoisotopic (exact) mass is 402 g/mol. The lowest BCUT2D eigenvalue weighted by atomic mass is 10.1. The summed E-state index contributed by atoms with van der Waals surface area (Å²) in [6, 6.07) is 23.7. The first-order valence-electron chi connectivity index (χ1n) is 9.33. The van der Waals surface area contributed by atoms with Crippen molar-refractivity contribution in [2.45, 2.75) is 6.61 Å². The third-order valence-corrected chi connectivity index (χ3v) is 4.21. The number of para-hydroxylation sites is 1. The summed E-state index contributed by atoms with van der Waals surface area (Å²) in [4.78, 5) is 24.1. The lowest BCUT2D eigenvalue weighted by Gasteiger charge is -2.08. The molecule has 2 N–H and O–H groups in total. The highest BCUT2D eigenvalue weighted by atomic mass is 16.5. The van der Waals surface area contributed by atoms with Crippen molar-refractivity contribution in [2.75, 3.05) is 7.11 Å². The van der Waals surface area contributed by atoms with Crippen molar-refractivity contribution >= 4 is 17.9 Å². The molecule has 3 aromatic rings. The van der Waals surface area contributed by atoms with Gasteiger partial charge in [-0.2, -0.15) is 0 Å². The number of carbonyl (C=O) groups is 2. The molecule has 0 fully saturated rings. The number of hydrogen-bond donors (Lipinski definition) is 2. The van der Waals surface area contributed by atoms with Crippen molar-refractivity contribution in [2.24, 2.45) is 0 Å². The molecule has 0 aliphatic heterocycles. The van der Waals surface area contributed by atoms with Gasteiger partial charge in [-0.15, -0.1) is 0 Å². The Labute approximate surface area is 175 Å². The Morgan fingerprint density at radius 3 is 2.20 bits per heavy atom.